The molecule has 0 bridgehead atoms. The van der Waals surface area contributed by atoms with E-state index in [2.05, 4.69) is 20.4 Å². The zero-order chi connectivity index (χ0) is 21.2. The van der Waals surface area contributed by atoms with Crippen LogP contribution in [-0.2, 0) is 0 Å². The number of anilines is 1. The monoisotopic (exact) mass is 424 g/mol. The molecule has 2 aromatic heterocycles. The second kappa shape index (κ2) is 8.49. The third-order valence-corrected chi connectivity index (χ3v) is 6.09. The lowest BCUT2D eigenvalue weighted by Gasteiger charge is -2.35. The van der Waals surface area contributed by atoms with Crippen LogP contribution in [0.5, 0.6) is 0 Å². The Balaban J connectivity index is 1.22. The quantitative estimate of drug-likeness (QED) is 0.691. The van der Waals surface area contributed by atoms with Gasteiger partial charge in [-0.2, -0.15) is 4.98 Å². The number of benzene rings is 1. The van der Waals surface area contributed by atoms with Crippen molar-refractivity contribution < 1.29 is 13.7 Å². The molecule has 8 nitrogen and oxygen atoms in total. The normalized spacial score (nSPS) is 17.8. The van der Waals surface area contributed by atoms with Crippen molar-refractivity contribution >= 4 is 22.9 Å². The molecular formula is C22H25FN6O2. The number of carbonyl (C=O) groups excluding carboxylic acids is 1. The lowest BCUT2D eigenvalue weighted by molar-refractivity contribution is 0.185. The van der Waals surface area contributed by atoms with Crippen LogP contribution in [0.1, 0.15) is 32.1 Å². The summed E-state index contributed by atoms with van der Waals surface area (Å²) in [5.74, 6) is -0.0664. The fourth-order valence-electron chi connectivity index (χ4n) is 4.30. The van der Waals surface area contributed by atoms with Gasteiger partial charge in [-0.1, -0.05) is 42.6 Å². The Hall–Kier alpha value is -3.23. The van der Waals surface area contributed by atoms with Gasteiger partial charge in [0.1, 0.15) is 17.0 Å². The average molecular weight is 424 g/mol. The maximum atomic E-state index is 14.1. The highest BCUT2D eigenvalue weighted by Gasteiger charge is 2.26. The van der Waals surface area contributed by atoms with Gasteiger partial charge in [0.15, 0.2) is 0 Å². The number of nitrogens with one attached hydrogen (secondary N) is 1. The van der Waals surface area contributed by atoms with E-state index in [1.165, 1.54) is 25.3 Å². The van der Waals surface area contributed by atoms with Crippen LogP contribution >= 0.6 is 0 Å². The highest BCUT2D eigenvalue weighted by atomic mass is 19.1. The fourth-order valence-corrected chi connectivity index (χ4v) is 4.30. The summed E-state index contributed by atoms with van der Waals surface area (Å²) < 4.78 is 19.5. The summed E-state index contributed by atoms with van der Waals surface area (Å²) in [5, 5.41) is 7.91. The average Bonchev–Trinajstić information content (AvgIpc) is 3.30. The first-order valence-electron chi connectivity index (χ1n) is 10.9. The fraction of sp³-hybridized carbons (Fsp3) is 0.455. The maximum Gasteiger partial charge on any atom is 0.324 e. The molecule has 3 aromatic rings. The first-order chi connectivity index (χ1) is 15.2. The van der Waals surface area contributed by atoms with Crippen molar-refractivity contribution in [2.24, 2.45) is 0 Å². The minimum atomic E-state index is -0.384. The summed E-state index contributed by atoms with van der Waals surface area (Å²) in [6.07, 6.45) is 5.79. The van der Waals surface area contributed by atoms with Gasteiger partial charge in [0, 0.05) is 37.6 Å². The van der Waals surface area contributed by atoms with Gasteiger partial charge in [-0.3, -0.25) is 0 Å². The number of hydrogen-bond donors (Lipinski definition) is 1. The van der Waals surface area contributed by atoms with Crippen molar-refractivity contribution in [3.05, 3.63) is 36.1 Å². The maximum absolute atomic E-state index is 14.1. The molecule has 162 valence electrons. The first-order valence-corrected chi connectivity index (χ1v) is 10.9. The molecule has 2 aliphatic rings. The standard InChI is InChI=1S/C22H25FN6O2/c23-17-8-4-5-15-9-10-18(25-19(15)17)20-26-22(31-27-20)29-13-11-28(12-14-29)21(30)24-16-6-2-1-3-7-16/h4-5,8-10,16H,1-3,6-7,11-14H2,(H,24,30). The van der Waals surface area contributed by atoms with Gasteiger partial charge in [-0.25, -0.2) is 14.2 Å². The van der Waals surface area contributed by atoms with E-state index >= 15 is 0 Å². The van der Waals surface area contributed by atoms with Crippen molar-refractivity contribution in [2.45, 2.75) is 38.1 Å². The molecule has 0 spiro atoms. The number of hydrogen-bond acceptors (Lipinski definition) is 6. The Morgan fingerprint density at radius 1 is 1.03 bits per heavy atom. The Kier molecular flexibility index (Phi) is 5.40. The van der Waals surface area contributed by atoms with Crippen LogP contribution in [0, 0.1) is 5.82 Å². The molecule has 1 aliphatic carbocycles. The molecule has 2 fully saturated rings. The minimum Gasteiger partial charge on any atom is -0.335 e. The molecule has 2 amide bonds. The highest BCUT2D eigenvalue weighted by Crippen LogP contribution is 2.23. The van der Waals surface area contributed by atoms with Gasteiger partial charge in [0.25, 0.3) is 0 Å². The van der Waals surface area contributed by atoms with Crippen LogP contribution in [0.4, 0.5) is 15.2 Å². The molecule has 1 saturated carbocycles. The lowest BCUT2D eigenvalue weighted by Crippen LogP contribution is -2.53. The van der Waals surface area contributed by atoms with Gasteiger partial charge in [0.05, 0.1) is 0 Å². The van der Waals surface area contributed by atoms with Crippen molar-refractivity contribution in [1.29, 1.82) is 0 Å². The first kappa shape index (κ1) is 19.7. The number of aromatic nitrogens is 3. The molecule has 1 aliphatic heterocycles. The molecule has 0 unspecified atom stereocenters. The SMILES string of the molecule is O=C(NC1CCCCC1)N1CCN(c2nc(-c3ccc4cccc(F)c4n3)no2)CC1. The van der Waals surface area contributed by atoms with E-state index in [1.807, 2.05) is 9.80 Å². The summed E-state index contributed by atoms with van der Waals surface area (Å²) in [5.41, 5.74) is 0.738. The van der Waals surface area contributed by atoms with E-state index in [-0.39, 0.29) is 17.4 Å². The highest BCUT2D eigenvalue weighted by molar-refractivity contribution is 5.81. The van der Waals surface area contributed by atoms with Gasteiger partial charge >= 0.3 is 12.0 Å². The topological polar surface area (TPSA) is 87.4 Å². The van der Waals surface area contributed by atoms with Crippen molar-refractivity contribution in [3.63, 3.8) is 0 Å². The Morgan fingerprint density at radius 3 is 2.65 bits per heavy atom. The summed E-state index contributed by atoms with van der Waals surface area (Å²) in [6, 6.07) is 9.09. The number of rotatable bonds is 3. The van der Waals surface area contributed by atoms with Crippen LogP contribution in [-0.4, -0.2) is 58.3 Å². The van der Waals surface area contributed by atoms with E-state index in [4.69, 9.17) is 4.52 Å². The van der Waals surface area contributed by atoms with Crippen molar-refractivity contribution in [2.75, 3.05) is 31.1 Å². The Labute approximate surface area is 179 Å². The molecular weight excluding hydrogens is 399 g/mol. The van der Waals surface area contributed by atoms with Crippen LogP contribution < -0.4 is 10.2 Å². The number of nitrogens with zero attached hydrogens (tertiary/aromatic N) is 5. The lowest BCUT2D eigenvalue weighted by atomic mass is 9.96. The number of halogens is 1. The molecule has 1 N–H and O–H groups in total. The van der Waals surface area contributed by atoms with Crippen LogP contribution in [0.25, 0.3) is 22.4 Å². The molecule has 1 saturated heterocycles. The van der Waals surface area contributed by atoms with E-state index in [0.29, 0.717) is 49.8 Å². The van der Waals surface area contributed by atoms with Crippen LogP contribution in [0.2, 0.25) is 0 Å². The van der Waals surface area contributed by atoms with E-state index < -0.39 is 0 Å². The molecule has 0 atom stereocenters. The molecule has 31 heavy (non-hydrogen) atoms. The van der Waals surface area contributed by atoms with Crippen LogP contribution in [0.3, 0.4) is 0 Å². The van der Waals surface area contributed by atoms with Gasteiger partial charge in [-0.05, 0) is 25.0 Å². The summed E-state index contributed by atoms with van der Waals surface area (Å²) in [7, 11) is 0. The molecule has 5 rings (SSSR count). The van der Waals surface area contributed by atoms with Crippen molar-refractivity contribution in [1.82, 2.24) is 25.3 Å². The minimum absolute atomic E-state index is 0.0140. The number of para-hydroxylation sites is 1. The zero-order valence-corrected chi connectivity index (χ0v) is 17.3. The molecule has 0 radical (unpaired) electrons. The smallest absolute Gasteiger partial charge is 0.324 e. The number of piperazine rings is 1. The molecule has 9 heteroatoms. The van der Waals surface area contributed by atoms with E-state index in [1.54, 1.807) is 24.3 Å². The number of fused-ring (bicyclic) bond motifs is 1. The zero-order valence-electron chi connectivity index (χ0n) is 17.3. The van der Waals surface area contributed by atoms with Gasteiger partial charge in [-0.15, -0.1) is 0 Å². The summed E-state index contributed by atoms with van der Waals surface area (Å²) in [4.78, 5) is 25.1. The second-order valence-corrected chi connectivity index (χ2v) is 8.17. The van der Waals surface area contributed by atoms with Crippen molar-refractivity contribution in [3.8, 4) is 11.5 Å². The van der Waals surface area contributed by atoms with Gasteiger partial charge in [0.2, 0.25) is 5.82 Å². The second-order valence-electron chi connectivity index (χ2n) is 8.17. The number of urea groups is 1. The predicted octanol–water partition coefficient (Wildman–Crippen LogP) is 3.59. The molecule has 3 heterocycles. The summed E-state index contributed by atoms with van der Waals surface area (Å²) >= 11 is 0. The van der Waals surface area contributed by atoms with E-state index in [0.717, 1.165) is 18.2 Å². The summed E-state index contributed by atoms with van der Waals surface area (Å²) in [6.45, 7) is 2.41. The molecule has 1 aromatic carbocycles. The Morgan fingerprint density at radius 2 is 1.84 bits per heavy atom. The van der Waals surface area contributed by atoms with E-state index in [9.17, 15) is 9.18 Å². The van der Waals surface area contributed by atoms with Crippen LogP contribution in [0.15, 0.2) is 34.9 Å². The number of pyridine rings is 1. The predicted molar refractivity (Wildman–Crippen MR) is 114 cm³/mol. The largest absolute Gasteiger partial charge is 0.335 e. The number of amides is 2. The Bertz CT molecular complexity index is 1070. The third-order valence-electron chi connectivity index (χ3n) is 6.09. The third kappa shape index (κ3) is 4.17. The van der Waals surface area contributed by atoms with Gasteiger partial charge < -0.3 is 19.6 Å². The number of carbonyl (C=O) groups is 1.